The minimum Gasteiger partial charge on any atom is -0.365 e. The summed E-state index contributed by atoms with van der Waals surface area (Å²) >= 11 is 5.88. The molecule has 2 amide bonds. The van der Waals surface area contributed by atoms with Crippen molar-refractivity contribution in [3.63, 3.8) is 0 Å². The average molecular weight is 217 g/mol. The smallest absolute Gasteiger partial charge is 0.254 e. The monoisotopic (exact) mass is 217 g/mol. The van der Waals surface area contributed by atoms with Crippen molar-refractivity contribution in [1.29, 1.82) is 0 Å². The molecule has 0 aliphatic carbocycles. The van der Waals surface area contributed by atoms with E-state index in [9.17, 15) is 9.59 Å². The molecular formula is C6H7N3O2S2. The Bertz CT molecular complexity index is 406. The standard InChI is InChI=1S/C6H7N3O2S2/c1-2(10)8-6-3(4(7)11)5(12)9-13-6/h1H3,(H2,7,11)(H,8,10)(H,9,12). The summed E-state index contributed by atoms with van der Waals surface area (Å²) in [6.45, 7) is 1.34. The molecule has 70 valence electrons. The van der Waals surface area contributed by atoms with Crippen molar-refractivity contribution in [2.45, 2.75) is 6.92 Å². The molecule has 0 saturated carbocycles. The molecule has 0 fully saturated rings. The first-order valence-electron chi connectivity index (χ1n) is 3.31. The molecule has 5 nitrogen and oxygen atoms in total. The summed E-state index contributed by atoms with van der Waals surface area (Å²) in [6, 6.07) is 0. The van der Waals surface area contributed by atoms with Crippen LogP contribution in [0.1, 0.15) is 17.3 Å². The summed E-state index contributed by atoms with van der Waals surface area (Å²) in [7, 11) is 0. The van der Waals surface area contributed by atoms with Gasteiger partial charge in [-0.05, 0) is 11.5 Å². The van der Waals surface area contributed by atoms with Crippen LogP contribution in [0.4, 0.5) is 5.00 Å². The van der Waals surface area contributed by atoms with Crippen molar-refractivity contribution >= 4 is 40.6 Å². The van der Waals surface area contributed by atoms with E-state index in [2.05, 4.69) is 9.69 Å². The van der Waals surface area contributed by atoms with Gasteiger partial charge in [0.1, 0.15) is 15.2 Å². The quantitative estimate of drug-likeness (QED) is 0.642. The minimum atomic E-state index is -0.647. The number of aromatic amines is 1. The predicted octanol–water partition coefficient (Wildman–Crippen LogP) is 0.863. The molecule has 0 radical (unpaired) electrons. The van der Waals surface area contributed by atoms with Crippen LogP contribution in [0.15, 0.2) is 0 Å². The lowest BCUT2D eigenvalue weighted by molar-refractivity contribution is -0.114. The third-order valence-corrected chi connectivity index (χ3v) is 2.49. The molecule has 0 bridgehead atoms. The number of amides is 2. The van der Waals surface area contributed by atoms with Crippen molar-refractivity contribution in [3.05, 3.63) is 10.2 Å². The van der Waals surface area contributed by atoms with Crippen LogP contribution in [0, 0.1) is 4.64 Å². The van der Waals surface area contributed by atoms with Crippen LogP contribution < -0.4 is 11.1 Å². The molecule has 1 heterocycles. The molecule has 1 aromatic heterocycles. The topological polar surface area (TPSA) is 88.0 Å². The van der Waals surface area contributed by atoms with Crippen molar-refractivity contribution in [2.75, 3.05) is 5.32 Å². The van der Waals surface area contributed by atoms with E-state index in [1.165, 1.54) is 6.92 Å². The zero-order valence-electron chi connectivity index (χ0n) is 6.71. The van der Waals surface area contributed by atoms with Gasteiger partial charge in [0.25, 0.3) is 5.91 Å². The number of H-pyrrole nitrogens is 1. The number of aromatic nitrogens is 1. The van der Waals surface area contributed by atoms with Crippen LogP contribution in [0.2, 0.25) is 0 Å². The molecule has 1 rings (SSSR count). The molecule has 0 aliphatic heterocycles. The predicted molar refractivity (Wildman–Crippen MR) is 52.3 cm³/mol. The van der Waals surface area contributed by atoms with Gasteiger partial charge in [0.15, 0.2) is 0 Å². The molecule has 1 aromatic rings. The second-order valence-electron chi connectivity index (χ2n) is 2.28. The van der Waals surface area contributed by atoms with Crippen molar-refractivity contribution < 1.29 is 9.59 Å². The van der Waals surface area contributed by atoms with E-state index in [1.54, 1.807) is 0 Å². The number of hydrogen-bond acceptors (Lipinski definition) is 4. The maximum absolute atomic E-state index is 10.9. The zero-order valence-corrected chi connectivity index (χ0v) is 8.34. The largest absolute Gasteiger partial charge is 0.365 e. The maximum Gasteiger partial charge on any atom is 0.254 e. The first-order valence-corrected chi connectivity index (χ1v) is 4.53. The maximum atomic E-state index is 10.9. The number of carbonyl (C=O) groups excluding carboxylic acids is 2. The Morgan fingerprint density at radius 2 is 2.23 bits per heavy atom. The lowest BCUT2D eigenvalue weighted by atomic mass is 10.3. The van der Waals surface area contributed by atoms with E-state index in [0.717, 1.165) is 11.5 Å². The number of nitrogens with two attached hydrogens (primary N) is 1. The van der Waals surface area contributed by atoms with Gasteiger partial charge in [0, 0.05) is 6.92 Å². The Morgan fingerprint density at radius 3 is 2.69 bits per heavy atom. The molecule has 7 heteroatoms. The van der Waals surface area contributed by atoms with E-state index in [0.29, 0.717) is 5.00 Å². The van der Waals surface area contributed by atoms with Gasteiger partial charge in [-0.15, -0.1) is 0 Å². The molecule has 0 unspecified atom stereocenters. The van der Waals surface area contributed by atoms with Crippen LogP contribution in [0.25, 0.3) is 0 Å². The number of nitrogens with one attached hydrogen (secondary N) is 2. The van der Waals surface area contributed by atoms with Crippen LogP contribution in [0.5, 0.6) is 0 Å². The SMILES string of the molecule is CC(=O)Nc1s[nH]c(=S)c1C(N)=O. The summed E-state index contributed by atoms with van der Waals surface area (Å²) in [6.07, 6.45) is 0. The van der Waals surface area contributed by atoms with Gasteiger partial charge in [0.05, 0.1) is 0 Å². The summed E-state index contributed by atoms with van der Waals surface area (Å²) in [4.78, 5) is 21.6. The van der Waals surface area contributed by atoms with Gasteiger partial charge in [-0.25, -0.2) is 0 Å². The van der Waals surface area contributed by atoms with Crippen LogP contribution in [-0.4, -0.2) is 16.2 Å². The van der Waals surface area contributed by atoms with Gasteiger partial charge in [-0.3, -0.25) is 14.0 Å². The Labute approximate surface area is 83.1 Å². The number of anilines is 1. The molecule has 0 saturated heterocycles. The van der Waals surface area contributed by atoms with E-state index in [1.807, 2.05) is 0 Å². The van der Waals surface area contributed by atoms with Gasteiger partial charge < -0.3 is 11.1 Å². The van der Waals surface area contributed by atoms with E-state index < -0.39 is 5.91 Å². The third kappa shape index (κ3) is 2.13. The van der Waals surface area contributed by atoms with Gasteiger partial charge in [-0.2, -0.15) is 0 Å². The fourth-order valence-electron chi connectivity index (χ4n) is 0.774. The Morgan fingerprint density at radius 1 is 1.62 bits per heavy atom. The van der Waals surface area contributed by atoms with Gasteiger partial charge in [-0.1, -0.05) is 12.2 Å². The Hall–Kier alpha value is -1.21. The summed E-state index contributed by atoms with van der Waals surface area (Å²) in [5.74, 6) is -0.918. The van der Waals surface area contributed by atoms with Crippen molar-refractivity contribution in [2.24, 2.45) is 5.73 Å². The van der Waals surface area contributed by atoms with E-state index in [-0.39, 0.29) is 16.1 Å². The number of rotatable bonds is 2. The van der Waals surface area contributed by atoms with Crippen molar-refractivity contribution in [1.82, 2.24) is 4.37 Å². The lowest BCUT2D eigenvalue weighted by Gasteiger charge is -1.97. The Kier molecular flexibility index (Phi) is 2.79. The minimum absolute atomic E-state index is 0.162. The lowest BCUT2D eigenvalue weighted by Crippen LogP contribution is -2.14. The van der Waals surface area contributed by atoms with Gasteiger partial charge in [0.2, 0.25) is 5.91 Å². The molecule has 0 aliphatic rings. The first kappa shape index (κ1) is 9.87. The number of primary amides is 1. The molecule has 0 aromatic carbocycles. The summed E-state index contributed by atoms with van der Waals surface area (Å²) in [5, 5.41) is 2.82. The molecule has 13 heavy (non-hydrogen) atoms. The van der Waals surface area contributed by atoms with Crippen LogP contribution in [0.3, 0.4) is 0 Å². The highest BCUT2D eigenvalue weighted by atomic mass is 32.1. The number of carbonyl (C=O) groups is 2. The highest BCUT2D eigenvalue weighted by Crippen LogP contribution is 2.21. The fraction of sp³-hybridized carbons (Fsp3) is 0.167. The number of hydrogen-bond donors (Lipinski definition) is 3. The van der Waals surface area contributed by atoms with E-state index in [4.69, 9.17) is 18.0 Å². The second-order valence-corrected chi connectivity index (χ2v) is 3.51. The van der Waals surface area contributed by atoms with Crippen LogP contribution >= 0.6 is 23.8 Å². The molecule has 4 N–H and O–H groups in total. The highest BCUT2D eigenvalue weighted by molar-refractivity contribution is 7.71. The second kappa shape index (κ2) is 3.67. The first-order chi connectivity index (χ1) is 6.02. The third-order valence-electron chi connectivity index (χ3n) is 1.24. The fourth-order valence-corrected chi connectivity index (χ4v) is 1.96. The molecular weight excluding hydrogens is 210 g/mol. The molecule has 0 spiro atoms. The highest BCUT2D eigenvalue weighted by Gasteiger charge is 2.13. The van der Waals surface area contributed by atoms with Crippen molar-refractivity contribution in [3.8, 4) is 0 Å². The molecule has 0 atom stereocenters. The normalized spacial score (nSPS) is 9.62. The Balaban J connectivity index is 3.15. The summed E-state index contributed by atoms with van der Waals surface area (Å²) in [5.41, 5.74) is 5.23. The van der Waals surface area contributed by atoms with E-state index >= 15 is 0 Å². The average Bonchev–Trinajstić information content (AvgIpc) is 2.30. The van der Waals surface area contributed by atoms with Crippen LogP contribution in [-0.2, 0) is 4.79 Å². The zero-order chi connectivity index (χ0) is 10.0. The van der Waals surface area contributed by atoms with Gasteiger partial charge >= 0.3 is 0 Å². The summed E-state index contributed by atoms with van der Waals surface area (Å²) < 4.78 is 2.92.